The fourth-order valence-electron chi connectivity index (χ4n) is 5.71. The summed E-state index contributed by atoms with van der Waals surface area (Å²) in [7, 11) is -4.64. The van der Waals surface area contributed by atoms with E-state index in [9.17, 15) is 29.3 Å². The first-order valence-corrected chi connectivity index (χ1v) is 22.9. The molecule has 0 aliphatic heterocycles. The molecule has 11 heteroatoms. The molecule has 0 aliphatic carbocycles. The largest absolute Gasteiger partial charge is 0.472 e. The molecule has 0 radical (unpaired) electrons. The van der Waals surface area contributed by atoms with Gasteiger partial charge in [0.2, 0.25) is 0 Å². The van der Waals surface area contributed by atoms with Crippen molar-refractivity contribution in [1.29, 1.82) is 0 Å². The van der Waals surface area contributed by atoms with E-state index in [1.54, 1.807) is 0 Å². The van der Waals surface area contributed by atoms with Gasteiger partial charge >= 0.3 is 19.8 Å². The Bertz CT molecular complexity index is 999. The minimum atomic E-state index is -4.64. The fraction of sp³-hybridized carbons (Fsp3) is 0.814. The van der Waals surface area contributed by atoms with Crippen LogP contribution in [0.15, 0.2) is 36.5 Å². The van der Waals surface area contributed by atoms with Crippen molar-refractivity contribution < 1.29 is 47.8 Å². The topological polar surface area (TPSA) is 149 Å². The van der Waals surface area contributed by atoms with Crippen molar-refractivity contribution in [3.63, 3.8) is 0 Å². The van der Waals surface area contributed by atoms with E-state index in [1.807, 2.05) is 0 Å². The van der Waals surface area contributed by atoms with E-state index < -0.39 is 58.4 Å². The standard InChI is InChI=1S/C43H79O10P/c1-3-5-7-9-11-13-15-17-19-20-21-23-25-27-29-31-33-35-43(47)53-41(37-45)39-51-54(48,49)50-38-40(36-44)52-42(46)34-32-30-28-26-24-22-18-16-14-12-10-8-6-4-2/h10,12,16-19,40-41,44-45H,3-9,11,13-15,20-39H2,1-2H3,(H,48,49)/b12-10-,18-16-,19-17-. The second-order valence-electron chi connectivity index (χ2n) is 14.3. The van der Waals surface area contributed by atoms with Gasteiger partial charge in [0, 0.05) is 12.8 Å². The Morgan fingerprint density at radius 3 is 1.22 bits per heavy atom. The van der Waals surface area contributed by atoms with Crippen molar-refractivity contribution in [2.45, 2.75) is 199 Å². The van der Waals surface area contributed by atoms with Gasteiger partial charge in [0.1, 0.15) is 12.2 Å². The van der Waals surface area contributed by atoms with Gasteiger partial charge < -0.3 is 24.6 Å². The van der Waals surface area contributed by atoms with Gasteiger partial charge in [0.05, 0.1) is 26.4 Å². The third kappa shape index (κ3) is 37.1. The molecule has 0 aliphatic rings. The number of phosphoric ester groups is 1. The van der Waals surface area contributed by atoms with Crippen LogP contribution in [0.3, 0.4) is 0 Å². The molecule has 10 nitrogen and oxygen atoms in total. The zero-order chi connectivity index (χ0) is 39.8. The van der Waals surface area contributed by atoms with Crippen LogP contribution >= 0.6 is 7.82 Å². The minimum Gasteiger partial charge on any atom is -0.457 e. The lowest BCUT2D eigenvalue weighted by Crippen LogP contribution is -2.28. The predicted molar refractivity (Wildman–Crippen MR) is 219 cm³/mol. The van der Waals surface area contributed by atoms with Crippen LogP contribution in [0.25, 0.3) is 0 Å². The second-order valence-corrected chi connectivity index (χ2v) is 15.8. The van der Waals surface area contributed by atoms with Gasteiger partial charge in [-0.15, -0.1) is 0 Å². The lowest BCUT2D eigenvalue weighted by molar-refractivity contribution is -0.153. The van der Waals surface area contributed by atoms with Gasteiger partial charge in [-0.25, -0.2) is 4.57 Å². The van der Waals surface area contributed by atoms with E-state index >= 15 is 0 Å². The lowest BCUT2D eigenvalue weighted by Gasteiger charge is -2.20. The van der Waals surface area contributed by atoms with Crippen LogP contribution in [-0.2, 0) is 32.7 Å². The average Bonchev–Trinajstić information content (AvgIpc) is 3.16. The summed E-state index contributed by atoms with van der Waals surface area (Å²) in [4.78, 5) is 34.5. The summed E-state index contributed by atoms with van der Waals surface area (Å²) in [6, 6.07) is 0. The number of carbonyl (C=O) groups is 2. The molecule has 0 fully saturated rings. The van der Waals surface area contributed by atoms with Crippen LogP contribution in [0.4, 0.5) is 0 Å². The van der Waals surface area contributed by atoms with Crippen LogP contribution in [0.2, 0.25) is 0 Å². The van der Waals surface area contributed by atoms with E-state index in [0.29, 0.717) is 12.8 Å². The quantitative estimate of drug-likeness (QED) is 0.0237. The highest BCUT2D eigenvalue weighted by Gasteiger charge is 2.27. The highest BCUT2D eigenvalue weighted by Crippen LogP contribution is 2.43. The summed E-state index contributed by atoms with van der Waals surface area (Å²) >= 11 is 0. The molecule has 0 aromatic carbocycles. The van der Waals surface area contributed by atoms with Gasteiger partial charge in [-0.2, -0.15) is 0 Å². The summed E-state index contributed by atoms with van der Waals surface area (Å²) in [6.45, 7) is 2.14. The fourth-order valence-corrected chi connectivity index (χ4v) is 6.50. The van der Waals surface area contributed by atoms with Crippen molar-refractivity contribution in [2.75, 3.05) is 26.4 Å². The molecule has 0 saturated carbocycles. The zero-order valence-electron chi connectivity index (χ0n) is 34.2. The number of hydrogen-bond acceptors (Lipinski definition) is 9. The summed E-state index contributed by atoms with van der Waals surface area (Å²) < 4.78 is 32.5. The second kappa shape index (κ2) is 39.4. The number of aliphatic hydroxyl groups excluding tert-OH is 2. The Kier molecular flexibility index (Phi) is 38.1. The Morgan fingerprint density at radius 2 is 0.833 bits per heavy atom. The van der Waals surface area contributed by atoms with Crippen molar-refractivity contribution in [3.05, 3.63) is 36.5 Å². The van der Waals surface area contributed by atoms with Crippen LogP contribution in [-0.4, -0.2) is 65.7 Å². The van der Waals surface area contributed by atoms with E-state index in [2.05, 4.69) is 50.3 Å². The molecule has 0 aromatic heterocycles. The molecule has 316 valence electrons. The van der Waals surface area contributed by atoms with Crippen LogP contribution in [0.5, 0.6) is 0 Å². The third-order valence-electron chi connectivity index (χ3n) is 9.07. The maximum absolute atomic E-state index is 12.3. The first-order chi connectivity index (χ1) is 26.3. The highest BCUT2D eigenvalue weighted by molar-refractivity contribution is 7.47. The van der Waals surface area contributed by atoms with E-state index in [-0.39, 0.29) is 12.8 Å². The molecule has 3 unspecified atom stereocenters. The maximum Gasteiger partial charge on any atom is 0.472 e. The van der Waals surface area contributed by atoms with Gasteiger partial charge in [-0.05, 0) is 64.2 Å². The Balaban J connectivity index is 3.94. The zero-order valence-corrected chi connectivity index (χ0v) is 35.1. The number of unbranched alkanes of at least 4 members (excludes halogenated alkanes) is 20. The number of rotatable bonds is 40. The Morgan fingerprint density at radius 1 is 0.500 bits per heavy atom. The number of hydrogen-bond donors (Lipinski definition) is 3. The number of aliphatic hydroxyl groups is 2. The van der Waals surface area contributed by atoms with Crippen LogP contribution in [0.1, 0.15) is 187 Å². The molecule has 3 N–H and O–H groups in total. The van der Waals surface area contributed by atoms with Gasteiger partial charge in [0.15, 0.2) is 0 Å². The molecule has 54 heavy (non-hydrogen) atoms. The summed E-state index contributed by atoms with van der Waals surface area (Å²) in [6.07, 6.45) is 39.7. The lowest BCUT2D eigenvalue weighted by atomic mass is 10.1. The monoisotopic (exact) mass is 787 g/mol. The summed E-state index contributed by atoms with van der Waals surface area (Å²) in [5.41, 5.74) is 0. The molecule has 0 bridgehead atoms. The van der Waals surface area contributed by atoms with Gasteiger partial charge in [-0.1, -0.05) is 147 Å². The van der Waals surface area contributed by atoms with Crippen molar-refractivity contribution >= 4 is 19.8 Å². The number of phosphoric acid groups is 1. The van der Waals surface area contributed by atoms with Crippen molar-refractivity contribution in [2.24, 2.45) is 0 Å². The van der Waals surface area contributed by atoms with Gasteiger partial charge in [0.25, 0.3) is 0 Å². The molecule has 0 amide bonds. The SMILES string of the molecule is CCCC/C=C\C/C=C\CCCCCCCC(=O)OC(CO)COP(=O)(O)OCC(CO)OC(=O)CCCCCCCCC/C=C\CCCCCCCC. The smallest absolute Gasteiger partial charge is 0.457 e. The summed E-state index contributed by atoms with van der Waals surface area (Å²) in [5, 5.41) is 19.1. The number of carbonyl (C=O) groups excluding carboxylic acids is 2. The molecular formula is C43H79O10P. The van der Waals surface area contributed by atoms with E-state index in [0.717, 1.165) is 70.6 Å². The summed E-state index contributed by atoms with van der Waals surface area (Å²) in [5.74, 6) is -1.04. The molecule has 0 spiro atoms. The molecule has 0 rings (SSSR count). The van der Waals surface area contributed by atoms with Crippen molar-refractivity contribution in [3.8, 4) is 0 Å². The first-order valence-electron chi connectivity index (χ1n) is 21.4. The predicted octanol–water partition coefficient (Wildman–Crippen LogP) is 11.2. The van der Waals surface area contributed by atoms with Crippen LogP contribution in [0, 0.1) is 0 Å². The molecular weight excluding hydrogens is 707 g/mol. The normalized spacial score (nSPS) is 14.2. The van der Waals surface area contributed by atoms with Crippen LogP contribution < -0.4 is 0 Å². The molecule has 3 atom stereocenters. The molecule has 0 heterocycles. The first kappa shape index (κ1) is 52.2. The van der Waals surface area contributed by atoms with E-state index in [1.165, 1.54) is 77.0 Å². The minimum absolute atomic E-state index is 0.176. The van der Waals surface area contributed by atoms with E-state index in [4.69, 9.17) is 18.5 Å². The molecule has 0 aromatic rings. The third-order valence-corrected chi connectivity index (χ3v) is 10.0. The number of esters is 2. The average molecular weight is 787 g/mol. The Labute approximate surface area is 329 Å². The number of ether oxygens (including phenoxy) is 2. The number of allylic oxidation sites excluding steroid dienone is 6. The Hall–Kier alpha value is -1.81. The maximum atomic E-state index is 12.3. The van der Waals surface area contributed by atoms with Gasteiger partial charge in [-0.3, -0.25) is 18.6 Å². The molecule has 0 saturated heterocycles. The van der Waals surface area contributed by atoms with Crippen molar-refractivity contribution in [1.82, 2.24) is 0 Å². The highest BCUT2D eigenvalue weighted by atomic mass is 31.2.